The SMILES string of the molecule is CC(OC(=O)c1ccccc1)[c+]1sccn1CC(=O)c1ccccc1.[Br-]. The van der Waals surface area contributed by atoms with Crippen LogP contribution in [0.1, 0.15) is 38.8 Å². The first-order valence-electron chi connectivity index (χ1n) is 7.96. The first-order chi connectivity index (χ1) is 12.1. The van der Waals surface area contributed by atoms with Crippen LogP contribution in [-0.2, 0) is 11.3 Å². The van der Waals surface area contributed by atoms with Crippen molar-refractivity contribution in [2.45, 2.75) is 19.6 Å². The molecule has 0 saturated carbocycles. The number of hydrogen-bond donors (Lipinski definition) is 0. The molecule has 1 unspecified atom stereocenters. The summed E-state index contributed by atoms with van der Waals surface area (Å²) in [6.45, 7) is 2.03. The number of thiazole rings is 1. The van der Waals surface area contributed by atoms with Crippen LogP contribution in [0.15, 0.2) is 72.2 Å². The van der Waals surface area contributed by atoms with E-state index in [1.165, 1.54) is 11.3 Å². The molecule has 3 aromatic rings. The number of rotatable bonds is 6. The molecule has 26 heavy (non-hydrogen) atoms. The van der Waals surface area contributed by atoms with Gasteiger partial charge < -0.3 is 21.7 Å². The number of carbonyl (C=O) groups excluding carboxylic acids is 2. The lowest BCUT2D eigenvalue weighted by molar-refractivity contribution is -0.0000433. The Bertz CT molecular complexity index is 865. The van der Waals surface area contributed by atoms with Crippen molar-refractivity contribution >= 4 is 23.1 Å². The molecule has 0 amide bonds. The molecule has 1 aromatic heterocycles. The third-order valence-electron chi connectivity index (χ3n) is 3.76. The summed E-state index contributed by atoms with van der Waals surface area (Å²) in [5.74, 6) is -0.353. The number of ether oxygens (including phenoxy) is 1. The normalized spacial score (nSPS) is 11.3. The standard InChI is InChI=1S/C20H18NO3S.BrH/c1-15(24-20(23)17-10-6-3-7-11-17)19-21(12-13-25-19)14-18(22)16-8-4-2-5-9-16;/h2-13,15H,14H2,1H3;1H/q+1;/p-1. The molecule has 134 valence electrons. The van der Waals surface area contributed by atoms with Crippen molar-refractivity contribution in [1.82, 2.24) is 4.57 Å². The third kappa shape index (κ3) is 4.86. The van der Waals surface area contributed by atoms with E-state index in [4.69, 9.17) is 4.74 Å². The minimum absolute atomic E-state index is 0. The lowest BCUT2D eigenvalue weighted by Gasteiger charge is -2.11. The van der Waals surface area contributed by atoms with Gasteiger partial charge in [0.15, 0.2) is 23.5 Å². The van der Waals surface area contributed by atoms with Crippen molar-refractivity contribution in [2.24, 2.45) is 0 Å². The summed E-state index contributed by atoms with van der Waals surface area (Å²) >= 11 is 1.47. The molecule has 3 rings (SSSR count). The van der Waals surface area contributed by atoms with E-state index in [-0.39, 0.29) is 35.3 Å². The number of benzene rings is 2. The highest BCUT2D eigenvalue weighted by molar-refractivity contribution is 7.09. The topological polar surface area (TPSA) is 48.3 Å². The van der Waals surface area contributed by atoms with E-state index in [1.807, 2.05) is 47.3 Å². The van der Waals surface area contributed by atoms with Crippen molar-refractivity contribution in [3.8, 4) is 0 Å². The van der Waals surface area contributed by atoms with Gasteiger partial charge in [0, 0.05) is 16.9 Å². The number of hydrogen-bond acceptors (Lipinski definition) is 4. The van der Waals surface area contributed by atoms with Crippen molar-refractivity contribution in [1.29, 1.82) is 0 Å². The number of ketones is 1. The highest BCUT2D eigenvalue weighted by Gasteiger charge is 2.24. The van der Waals surface area contributed by atoms with Crippen LogP contribution in [0.3, 0.4) is 0 Å². The molecule has 1 atom stereocenters. The van der Waals surface area contributed by atoms with Crippen molar-refractivity contribution in [3.63, 3.8) is 0 Å². The van der Waals surface area contributed by atoms with Crippen molar-refractivity contribution < 1.29 is 31.3 Å². The number of carbonyl (C=O) groups is 2. The largest absolute Gasteiger partial charge is 1.00 e. The Morgan fingerprint density at radius 3 is 2.23 bits per heavy atom. The predicted molar refractivity (Wildman–Crippen MR) is 97.8 cm³/mol. The summed E-state index contributed by atoms with van der Waals surface area (Å²) in [4.78, 5) is 24.6. The van der Waals surface area contributed by atoms with E-state index in [0.29, 0.717) is 11.1 Å². The molecule has 1 heterocycles. The second-order valence-corrected chi connectivity index (χ2v) is 6.50. The average Bonchev–Trinajstić information content (AvgIpc) is 3.11. The highest BCUT2D eigenvalue weighted by atomic mass is 79.9. The summed E-state index contributed by atoms with van der Waals surface area (Å²) in [5.41, 5.74) is 1.18. The van der Waals surface area contributed by atoms with Gasteiger partial charge in [0.05, 0.1) is 5.56 Å². The van der Waals surface area contributed by atoms with Gasteiger partial charge in [-0.15, -0.1) is 0 Å². The number of nitrogens with zero attached hydrogens (tertiary/aromatic N) is 1. The first kappa shape index (κ1) is 20.0. The van der Waals surface area contributed by atoms with E-state index in [0.717, 1.165) is 5.01 Å². The molecular weight excluding hydrogens is 414 g/mol. The molecule has 0 saturated heterocycles. The molecule has 0 fully saturated rings. The van der Waals surface area contributed by atoms with Gasteiger partial charge in [-0.3, -0.25) is 4.79 Å². The van der Waals surface area contributed by atoms with Gasteiger partial charge in [-0.05, 0) is 19.1 Å². The van der Waals surface area contributed by atoms with Gasteiger partial charge in [0.1, 0.15) is 6.54 Å². The molecule has 0 spiro atoms. The fourth-order valence-corrected chi connectivity index (χ4v) is 3.35. The average molecular weight is 432 g/mol. The number of halogens is 1. The molecule has 4 nitrogen and oxygen atoms in total. The lowest BCUT2D eigenvalue weighted by atomic mass is 10.1. The monoisotopic (exact) mass is 431 g/mol. The zero-order valence-corrected chi connectivity index (χ0v) is 16.6. The molecule has 0 radical (unpaired) electrons. The molecule has 0 N–H and O–H groups in total. The Balaban J connectivity index is 0.00000243. The summed E-state index contributed by atoms with van der Waals surface area (Å²) in [7, 11) is 0. The van der Waals surface area contributed by atoms with Crippen LogP contribution in [0.2, 0.25) is 0 Å². The van der Waals surface area contributed by atoms with E-state index >= 15 is 0 Å². The fourth-order valence-electron chi connectivity index (χ4n) is 2.50. The lowest BCUT2D eigenvalue weighted by Crippen LogP contribution is -3.00. The quantitative estimate of drug-likeness (QED) is 0.338. The van der Waals surface area contributed by atoms with Crippen LogP contribution in [0.4, 0.5) is 0 Å². The Morgan fingerprint density at radius 1 is 1.04 bits per heavy atom. The highest BCUT2D eigenvalue weighted by Crippen LogP contribution is 2.24. The predicted octanol–water partition coefficient (Wildman–Crippen LogP) is 1.64. The number of aromatic nitrogens is 1. The van der Waals surface area contributed by atoms with Gasteiger partial charge in [0.2, 0.25) is 5.01 Å². The van der Waals surface area contributed by atoms with Crippen LogP contribution in [-0.4, -0.2) is 16.3 Å². The maximum absolute atomic E-state index is 12.4. The minimum Gasteiger partial charge on any atom is -1.00 e. The first-order valence-corrected chi connectivity index (χ1v) is 8.84. The van der Waals surface area contributed by atoms with E-state index in [9.17, 15) is 9.59 Å². The maximum Gasteiger partial charge on any atom is 0.339 e. The van der Waals surface area contributed by atoms with E-state index < -0.39 is 6.10 Å². The van der Waals surface area contributed by atoms with E-state index in [1.54, 1.807) is 36.4 Å². The minimum atomic E-state index is -0.434. The van der Waals surface area contributed by atoms with Gasteiger partial charge in [0.25, 0.3) is 0 Å². The van der Waals surface area contributed by atoms with Gasteiger partial charge >= 0.3 is 5.97 Å². The van der Waals surface area contributed by atoms with Crippen LogP contribution in [0.5, 0.6) is 0 Å². The second-order valence-electron chi connectivity index (χ2n) is 5.57. The molecule has 0 aliphatic heterocycles. The molecule has 0 aliphatic carbocycles. The zero-order chi connectivity index (χ0) is 17.6. The summed E-state index contributed by atoms with van der Waals surface area (Å²) in [6.07, 6.45) is 1.41. The molecular formula is C20H18BrNO3S. The molecule has 2 aromatic carbocycles. The Kier molecular flexibility index (Phi) is 7.24. The third-order valence-corrected chi connectivity index (χ3v) is 4.83. The van der Waals surface area contributed by atoms with Crippen LogP contribution in [0.25, 0.3) is 0 Å². The fraction of sp³-hybridized carbons (Fsp3) is 0.150. The van der Waals surface area contributed by atoms with Crippen molar-refractivity contribution in [3.05, 3.63) is 88.4 Å². The van der Waals surface area contributed by atoms with Crippen LogP contribution >= 0.6 is 11.3 Å². The molecule has 6 heteroatoms. The Hall–Kier alpha value is -2.31. The van der Waals surface area contributed by atoms with Gasteiger partial charge in [-0.2, -0.15) is 0 Å². The number of esters is 1. The summed E-state index contributed by atoms with van der Waals surface area (Å²) in [6, 6.07) is 18.0. The zero-order valence-electron chi connectivity index (χ0n) is 14.2. The van der Waals surface area contributed by atoms with Gasteiger partial charge in [-0.25, -0.2) is 9.36 Å². The van der Waals surface area contributed by atoms with Gasteiger partial charge in [-0.1, -0.05) is 48.5 Å². The Labute approximate surface area is 166 Å². The maximum atomic E-state index is 12.4. The molecule has 0 aliphatic rings. The molecule has 0 bridgehead atoms. The summed E-state index contributed by atoms with van der Waals surface area (Å²) in [5, 5.41) is 2.72. The van der Waals surface area contributed by atoms with Crippen LogP contribution in [0, 0.1) is 0 Å². The van der Waals surface area contributed by atoms with E-state index in [2.05, 4.69) is 0 Å². The number of Topliss-reactive ketones (excluding diaryl/α,β-unsaturated/α-hetero) is 1. The van der Waals surface area contributed by atoms with Crippen LogP contribution < -0.4 is 17.0 Å². The Morgan fingerprint density at radius 2 is 1.62 bits per heavy atom. The summed E-state index contributed by atoms with van der Waals surface area (Å²) < 4.78 is 7.38. The second kappa shape index (κ2) is 9.40. The smallest absolute Gasteiger partial charge is 0.339 e. The van der Waals surface area contributed by atoms with Crippen molar-refractivity contribution in [2.75, 3.05) is 0 Å².